The number of carboxylic acid groups (broad SMARTS) is 1. The largest absolute Gasteiger partial charge is 0.481 e. The van der Waals surface area contributed by atoms with Gasteiger partial charge < -0.3 is 20.3 Å². The fraction of sp³-hybridized carbons (Fsp3) is 0.500. The number of nitrogens with zero attached hydrogens (tertiary/aromatic N) is 1. The van der Waals surface area contributed by atoms with E-state index in [2.05, 4.69) is 10.3 Å². The Morgan fingerprint density at radius 3 is 2.67 bits per heavy atom. The van der Waals surface area contributed by atoms with Gasteiger partial charge in [-0.25, -0.2) is 0 Å². The summed E-state index contributed by atoms with van der Waals surface area (Å²) < 4.78 is 0. The molecule has 0 saturated carbocycles. The molecule has 1 aliphatic rings. The van der Waals surface area contributed by atoms with Gasteiger partial charge in [-0.3, -0.25) is 14.4 Å². The topological polar surface area (TPSA) is 102 Å². The summed E-state index contributed by atoms with van der Waals surface area (Å²) in [5.74, 6) is -1.28. The van der Waals surface area contributed by atoms with E-state index in [4.69, 9.17) is 5.11 Å². The predicted octanol–water partition coefficient (Wildman–Crippen LogP) is 0.845. The molecule has 0 aliphatic carbocycles. The van der Waals surface area contributed by atoms with Gasteiger partial charge in [-0.15, -0.1) is 0 Å². The number of likely N-dealkylation sites (tertiary alicyclic amines) is 1. The molecule has 21 heavy (non-hydrogen) atoms. The van der Waals surface area contributed by atoms with E-state index in [-0.39, 0.29) is 18.2 Å². The number of hydrogen-bond donors (Lipinski definition) is 3. The van der Waals surface area contributed by atoms with Gasteiger partial charge >= 0.3 is 5.97 Å². The molecule has 1 aliphatic heterocycles. The zero-order valence-electron chi connectivity index (χ0n) is 11.7. The lowest BCUT2D eigenvalue weighted by Gasteiger charge is -2.13. The van der Waals surface area contributed by atoms with Crippen molar-refractivity contribution in [2.24, 2.45) is 0 Å². The van der Waals surface area contributed by atoms with Crippen LogP contribution in [0.3, 0.4) is 0 Å². The van der Waals surface area contributed by atoms with Gasteiger partial charge in [-0.1, -0.05) is 0 Å². The molecule has 0 unspecified atom stereocenters. The van der Waals surface area contributed by atoms with E-state index in [1.165, 1.54) is 12.3 Å². The Bertz CT molecular complexity index is 532. The molecule has 2 amide bonds. The maximum Gasteiger partial charge on any atom is 0.303 e. The van der Waals surface area contributed by atoms with Crippen LogP contribution in [0.25, 0.3) is 0 Å². The van der Waals surface area contributed by atoms with Crippen molar-refractivity contribution in [1.82, 2.24) is 15.2 Å². The van der Waals surface area contributed by atoms with Crippen LogP contribution in [0.4, 0.5) is 0 Å². The number of carbonyl (C=O) groups is 3. The second-order valence-electron chi connectivity index (χ2n) is 5.05. The van der Waals surface area contributed by atoms with Crippen LogP contribution in [0.5, 0.6) is 0 Å². The van der Waals surface area contributed by atoms with Gasteiger partial charge in [0.2, 0.25) is 0 Å². The van der Waals surface area contributed by atoms with Crippen LogP contribution in [0.15, 0.2) is 12.3 Å². The van der Waals surface area contributed by atoms with Gasteiger partial charge in [0.15, 0.2) is 0 Å². The molecule has 7 nitrogen and oxygen atoms in total. The van der Waals surface area contributed by atoms with Crippen LogP contribution < -0.4 is 5.32 Å². The summed E-state index contributed by atoms with van der Waals surface area (Å²) in [7, 11) is 0. The first-order valence-electron chi connectivity index (χ1n) is 7.05. The normalized spacial score (nSPS) is 14.2. The first-order valence-corrected chi connectivity index (χ1v) is 7.05. The molecule has 1 aromatic rings. The number of aliphatic carboxylic acids is 1. The summed E-state index contributed by atoms with van der Waals surface area (Å²) in [5.41, 5.74) is 0.792. The van der Waals surface area contributed by atoms with Gasteiger partial charge in [0, 0.05) is 32.3 Å². The molecule has 3 N–H and O–H groups in total. The third-order valence-electron chi connectivity index (χ3n) is 3.42. The number of aromatic nitrogens is 1. The molecule has 0 radical (unpaired) electrons. The summed E-state index contributed by atoms with van der Waals surface area (Å²) in [4.78, 5) is 38.9. The molecule has 1 aromatic heterocycles. The van der Waals surface area contributed by atoms with Crippen LogP contribution in [-0.2, 0) is 4.79 Å². The van der Waals surface area contributed by atoms with Crippen molar-refractivity contribution in [3.8, 4) is 0 Å². The molecule has 0 atom stereocenters. The van der Waals surface area contributed by atoms with Crippen LogP contribution in [-0.4, -0.2) is 52.4 Å². The highest BCUT2D eigenvalue weighted by molar-refractivity contribution is 5.99. The van der Waals surface area contributed by atoms with Gasteiger partial charge in [-0.2, -0.15) is 0 Å². The van der Waals surface area contributed by atoms with E-state index in [0.717, 1.165) is 25.9 Å². The highest BCUT2D eigenvalue weighted by atomic mass is 16.4. The van der Waals surface area contributed by atoms with E-state index in [9.17, 15) is 14.4 Å². The third kappa shape index (κ3) is 4.08. The minimum atomic E-state index is -0.885. The summed E-state index contributed by atoms with van der Waals surface area (Å²) >= 11 is 0. The monoisotopic (exact) mass is 293 g/mol. The van der Waals surface area contributed by atoms with E-state index in [1.54, 1.807) is 4.90 Å². The first kappa shape index (κ1) is 15.1. The Labute approximate surface area is 122 Å². The van der Waals surface area contributed by atoms with Crippen LogP contribution in [0.2, 0.25) is 0 Å². The number of carboxylic acids is 1. The minimum absolute atomic E-state index is 0.0200. The molecule has 1 fully saturated rings. The van der Waals surface area contributed by atoms with Gasteiger partial charge in [0.1, 0.15) is 5.69 Å². The van der Waals surface area contributed by atoms with Gasteiger partial charge in [0.25, 0.3) is 11.8 Å². The summed E-state index contributed by atoms with van der Waals surface area (Å²) in [6.07, 6.45) is 3.93. The molecular formula is C14H19N3O4. The lowest BCUT2D eigenvalue weighted by Crippen LogP contribution is -2.28. The first-order chi connectivity index (χ1) is 10.1. The average Bonchev–Trinajstić information content (AvgIpc) is 3.12. The molecule has 114 valence electrons. The van der Waals surface area contributed by atoms with E-state index >= 15 is 0 Å². The zero-order valence-corrected chi connectivity index (χ0v) is 11.7. The molecule has 0 bridgehead atoms. The fourth-order valence-electron chi connectivity index (χ4n) is 2.28. The molecule has 1 saturated heterocycles. The molecular weight excluding hydrogens is 274 g/mol. The van der Waals surface area contributed by atoms with Crippen molar-refractivity contribution in [3.05, 3.63) is 23.5 Å². The standard InChI is InChI=1S/C14H19N3O4/c18-12(19)4-3-5-15-13(20)10-8-11(16-9-10)14(21)17-6-1-2-7-17/h8-9,16H,1-7H2,(H,15,20)(H,18,19). The third-order valence-corrected chi connectivity index (χ3v) is 3.42. The maximum atomic E-state index is 12.1. The van der Waals surface area contributed by atoms with Crippen molar-refractivity contribution in [1.29, 1.82) is 0 Å². The number of nitrogens with one attached hydrogen (secondary N) is 2. The van der Waals surface area contributed by atoms with Crippen molar-refractivity contribution < 1.29 is 19.5 Å². The lowest BCUT2D eigenvalue weighted by atomic mass is 10.2. The fourth-order valence-corrected chi connectivity index (χ4v) is 2.28. The smallest absolute Gasteiger partial charge is 0.303 e. The van der Waals surface area contributed by atoms with Gasteiger partial charge in [0.05, 0.1) is 5.56 Å². The predicted molar refractivity (Wildman–Crippen MR) is 75.1 cm³/mol. The van der Waals surface area contributed by atoms with Crippen molar-refractivity contribution in [3.63, 3.8) is 0 Å². The minimum Gasteiger partial charge on any atom is -0.481 e. The van der Waals surface area contributed by atoms with E-state index < -0.39 is 5.97 Å². The zero-order chi connectivity index (χ0) is 15.2. The second kappa shape index (κ2) is 6.92. The Hall–Kier alpha value is -2.31. The number of aromatic amines is 1. The molecule has 0 aromatic carbocycles. The van der Waals surface area contributed by atoms with E-state index in [1.807, 2.05) is 0 Å². The number of amides is 2. The Kier molecular flexibility index (Phi) is 4.97. The average molecular weight is 293 g/mol. The number of H-pyrrole nitrogens is 1. The Balaban J connectivity index is 1.85. The second-order valence-corrected chi connectivity index (χ2v) is 5.05. The number of rotatable bonds is 6. The summed E-state index contributed by atoms with van der Waals surface area (Å²) in [6.45, 7) is 1.81. The van der Waals surface area contributed by atoms with Crippen molar-refractivity contribution in [2.75, 3.05) is 19.6 Å². The molecule has 2 heterocycles. The Morgan fingerprint density at radius 2 is 2.00 bits per heavy atom. The quantitative estimate of drug-likeness (QED) is 0.676. The van der Waals surface area contributed by atoms with E-state index in [0.29, 0.717) is 24.2 Å². The maximum absolute atomic E-state index is 12.1. The van der Waals surface area contributed by atoms with Gasteiger partial charge in [-0.05, 0) is 25.3 Å². The van der Waals surface area contributed by atoms with Crippen LogP contribution in [0.1, 0.15) is 46.5 Å². The SMILES string of the molecule is O=C(O)CCCNC(=O)c1c[nH]c(C(=O)N2CCCC2)c1. The summed E-state index contributed by atoms with van der Waals surface area (Å²) in [6, 6.07) is 1.53. The molecule has 7 heteroatoms. The lowest BCUT2D eigenvalue weighted by molar-refractivity contribution is -0.137. The van der Waals surface area contributed by atoms with Crippen LogP contribution >= 0.6 is 0 Å². The highest BCUT2D eigenvalue weighted by Gasteiger charge is 2.21. The summed E-state index contributed by atoms with van der Waals surface area (Å²) in [5, 5.41) is 11.1. The Morgan fingerprint density at radius 1 is 1.29 bits per heavy atom. The number of hydrogen-bond acceptors (Lipinski definition) is 3. The highest BCUT2D eigenvalue weighted by Crippen LogP contribution is 2.13. The number of carbonyl (C=O) groups excluding carboxylic acids is 2. The van der Waals surface area contributed by atoms with Crippen LogP contribution in [0, 0.1) is 0 Å². The molecule has 0 spiro atoms. The molecule has 2 rings (SSSR count). The van der Waals surface area contributed by atoms with Crippen molar-refractivity contribution in [2.45, 2.75) is 25.7 Å². The van der Waals surface area contributed by atoms with Crippen molar-refractivity contribution >= 4 is 17.8 Å².